The summed E-state index contributed by atoms with van der Waals surface area (Å²) in [6, 6.07) is 8.52. The van der Waals surface area contributed by atoms with E-state index in [2.05, 4.69) is 67.1 Å². The number of benzene rings is 1. The highest BCUT2D eigenvalue weighted by Gasteiger charge is 2.20. The minimum Gasteiger partial charge on any atom is -0.329 e. The lowest BCUT2D eigenvalue weighted by atomic mass is 9.85. The molecule has 0 fully saturated rings. The maximum atomic E-state index is 5.93. The van der Waals surface area contributed by atoms with Gasteiger partial charge >= 0.3 is 0 Å². The zero-order valence-electron chi connectivity index (χ0n) is 12.5. The van der Waals surface area contributed by atoms with Crippen LogP contribution in [0.4, 0.5) is 0 Å². The quantitative estimate of drug-likeness (QED) is 0.795. The second kappa shape index (κ2) is 8.03. The second-order valence-corrected chi connectivity index (χ2v) is 6.72. The van der Waals surface area contributed by atoms with Gasteiger partial charge < -0.3 is 11.1 Å². The molecule has 3 heteroatoms. The van der Waals surface area contributed by atoms with Crippen LogP contribution < -0.4 is 11.1 Å². The first-order valence-electron chi connectivity index (χ1n) is 7.15. The summed E-state index contributed by atoms with van der Waals surface area (Å²) in [6.07, 6.45) is 0. The predicted molar refractivity (Wildman–Crippen MR) is 87.1 cm³/mol. The van der Waals surface area contributed by atoms with Crippen molar-refractivity contribution >= 4 is 15.9 Å². The van der Waals surface area contributed by atoms with E-state index in [-0.39, 0.29) is 6.04 Å². The first-order valence-corrected chi connectivity index (χ1v) is 7.94. The Morgan fingerprint density at radius 3 is 2.16 bits per heavy atom. The number of hydrogen-bond donors (Lipinski definition) is 2. The highest BCUT2D eigenvalue weighted by atomic mass is 79.9. The van der Waals surface area contributed by atoms with Crippen molar-refractivity contribution in [3.05, 3.63) is 34.3 Å². The monoisotopic (exact) mass is 326 g/mol. The molecule has 2 nitrogen and oxygen atoms in total. The molecule has 0 saturated carbocycles. The van der Waals surface area contributed by atoms with Gasteiger partial charge in [-0.05, 0) is 35.9 Å². The number of halogens is 1. The number of nitrogens with one attached hydrogen (secondary N) is 1. The van der Waals surface area contributed by atoms with E-state index in [0.29, 0.717) is 24.3 Å². The fourth-order valence-electron chi connectivity index (χ4n) is 2.60. The van der Waals surface area contributed by atoms with Crippen molar-refractivity contribution in [3.63, 3.8) is 0 Å². The molecule has 3 N–H and O–H groups in total. The number of hydrogen-bond acceptors (Lipinski definition) is 2. The lowest BCUT2D eigenvalue weighted by molar-refractivity contribution is 0.266. The van der Waals surface area contributed by atoms with Crippen LogP contribution in [-0.4, -0.2) is 13.1 Å². The fourth-order valence-corrected chi connectivity index (χ4v) is 3.16. The standard InChI is InChI=1S/C16H27BrN2/c1-11(2)14(12(3)4)10-19-16(9-18)13-7-5-6-8-15(13)17/h5-8,11-12,14,16,19H,9-10,18H2,1-4H3. The average Bonchev–Trinajstić information content (AvgIpc) is 2.35. The van der Waals surface area contributed by atoms with Gasteiger partial charge in [0.2, 0.25) is 0 Å². The van der Waals surface area contributed by atoms with Gasteiger partial charge in [-0.3, -0.25) is 0 Å². The molecule has 0 amide bonds. The normalized spacial score (nSPS) is 13.5. The molecule has 0 aromatic heterocycles. The molecule has 0 aliphatic heterocycles. The van der Waals surface area contributed by atoms with Crippen molar-refractivity contribution < 1.29 is 0 Å². The topological polar surface area (TPSA) is 38.0 Å². The third-order valence-corrected chi connectivity index (χ3v) is 4.55. The first-order chi connectivity index (χ1) is 8.97. The molecule has 1 aromatic rings. The van der Waals surface area contributed by atoms with Crippen molar-refractivity contribution in [2.75, 3.05) is 13.1 Å². The minimum absolute atomic E-state index is 0.218. The van der Waals surface area contributed by atoms with E-state index >= 15 is 0 Å². The summed E-state index contributed by atoms with van der Waals surface area (Å²) in [5, 5.41) is 3.63. The molecule has 0 spiro atoms. The summed E-state index contributed by atoms with van der Waals surface area (Å²) in [6.45, 7) is 10.8. The largest absolute Gasteiger partial charge is 0.329 e. The van der Waals surface area contributed by atoms with Gasteiger partial charge in [0, 0.05) is 17.1 Å². The van der Waals surface area contributed by atoms with Gasteiger partial charge in [-0.25, -0.2) is 0 Å². The van der Waals surface area contributed by atoms with E-state index in [1.54, 1.807) is 0 Å². The van der Waals surface area contributed by atoms with Crippen LogP contribution >= 0.6 is 15.9 Å². The molecule has 1 rings (SSSR count). The molecule has 108 valence electrons. The van der Waals surface area contributed by atoms with E-state index in [0.717, 1.165) is 11.0 Å². The van der Waals surface area contributed by atoms with Crippen LogP contribution in [0.15, 0.2) is 28.7 Å². The van der Waals surface area contributed by atoms with Gasteiger partial charge in [0.25, 0.3) is 0 Å². The zero-order chi connectivity index (χ0) is 14.4. The molecular formula is C16H27BrN2. The van der Waals surface area contributed by atoms with Crippen molar-refractivity contribution in [1.29, 1.82) is 0 Å². The van der Waals surface area contributed by atoms with E-state index in [4.69, 9.17) is 5.73 Å². The molecule has 0 bridgehead atoms. The number of nitrogens with two attached hydrogens (primary N) is 1. The van der Waals surface area contributed by atoms with Crippen LogP contribution in [0.2, 0.25) is 0 Å². The SMILES string of the molecule is CC(C)C(CNC(CN)c1ccccc1Br)C(C)C. The molecule has 0 radical (unpaired) electrons. The molecule has 0 aliphatic rings. The van der Waals surface area contributed by atoms with E-state index in [9.17, 15) is 0 Å². The lowest BCUT2D eigenvalue weighted by Crippen LogP contribution is -2.35. The van der Waals surface area contributed by atoms with E-state index < -0.39 is 0 Å². The Kier molecular flexibility index (Phi) is 7.05. The Morgan fingerprint density at radius 1 is 1.11 bits per heavy atom. The molecule has 0 heterocycles. The smallest absolute Gasteiger partial charge is 0.0455 e. The molecule has 0 saturated heterocycles. The van der Waals surface area contributed by atoms with Crippen LogP contribution in [0, 0.1) is 17.8 Å². The molecule has 0 aliphatic carbocycles. The summed E-state index contributed by atoms with van der Waals surface area (Å²) in [5.41, 5.74) is 7.18. The fraction of sp³-hybridized carbons (Fsp3) is 0.625. The summed E-state index contributed by atoms with van der Waals surface area (Å²) in [4.78, 5) is 0. The van der Waals surface area contributed by atoms with Crippen molar-refractivity contribution in [3.8, 4) is 0 Å². The first kappa shape index (κ1) is 16.7. The third kappa shape index (κ3) is 4.90. The third-order valence-electron chi connectivity index (χ3n) is 3.83. The van der Waals surface area contributed by atoms with Crippen molar-refractivity contribution in [2.45, 2.75) is 33.7 Å². The highest BCUT2D eigenvalue weighted by molar-refractivity contribution is 9.10. The van der Waals surface area contributed by atoms with Gasteiger partial charge in [0.05, 0.1) is 0 Å². The maximum Gasteiger partial charge on any atom is 0.0455 e. The Hall–Kier alpha value is -0.380. The summed E-state index contributed by atoms with van der Waals surface area (Å²) in [7, 11) is 0. The van der Waals surface area contributed by atoms with Gasteiger partial charge in [0.1, 0.15) is 0 Å². The zero-order valence-corrected chi connectivity index (χ0v) is 14.1. The molecule has 19 heavy (non-hydrogen) atoms. The van der Waals surface area contributed by atoms with Gasteiger partial charge in [-0.2, -0.15) is 0 Å². The van der Waals surface area contributed by atoms with Crippen LogP contribution in [0.5, 0.6) is 0 Å². The second-order valence-electron chi connectivity index (χ2n) is 5.87. The van der Waals surface area contributed by atoms with Crippen molar-refractivity contribution in [1.82, 2.24) is 5.32 Å². The molecule has 1 atom stereocenters. The van der Waals surface area contributed by atoms with Crippen LogP contribution in [0.3, 0.4) is 0 Å². The average molecular weight is 327 g/mol. The number of rotatable bonds is 7. The van der Waals surface area contributed by atoms with Crippen LogP contribution in [0.25, 0.3) is 0 Å². The van der Waals surface area contributed by atoms with Gasteiger partial charge in [-0.15, -0.1) is 0 Å². The van der Waals surface area contributed by atoms with Crippen molar-refractivity contribution in [2.24, 2.45) is 23.5 Å². The van der Waals surface area contributed by atoms with Gasteiger partial charge in [0.15, 0.2) is 0 Å². The molecular weight excluding hydrogens is 300 g/mol. The Bertz CT molecular complexity index is 369. The molecule has 1 aromatic carbocycles. The lowest BCUT2D eigenvalue weighted by Gasteiger charge is -2.28. The highest BCUT2D eigenvalue weighted by Crippen LogP contribution is 2.24. The Morgan fingerprint density at radius 2 is 1.68 bits per heavy atom. The summed E-state index contributed by atoms with van der Waals surface area (Å²) < 4.78 is 1.13. The van der Waals surface area contributed by atoms with Gasteiger partial charge in [-0.1, -0.05) is 61.8 Å². The summed E-state index contributed by atoms with van der Waals surface area (Å²) >= 11 is 3.61. The van der Waals surface area contributed by atoms with E-state index in [1.165, 1.54) is 5.56 Å². The minimum atomic E-state index is 0.218. The van der Waals surface area contributed by atoms with Crippen LogP contribution in [0.1, 0.15) is 39.3 Å². The summed E-state index contributed by atoms with van der Waals surface area (Å²) in [5.74, 6) is 2.05. The van der Waals surface area contributed by atoms with Crippen LogP contribution in [-0.2, 0) is 0 Å². The Balaban J connectivity index is 2.70. The maximum absolute atomic E-state index is 5.93. The van der Waals surface area contributed by atoms with E-state index in [1.807, 2.05) is 6.07 Å². The predicted octanol–water partition coefficient (Wildman–Crippen LogP) is 3.97. The Labute approximate surface area is 126 Å². The molecule has 1 unspecified atom stereocenters.